The van der Waals surface area contributed by atoms with Gasteiger partial charge in [0.1, 0.15) is 5.82 Å². The van der Waals surface area contributed by atoms with E-state index in [2.05, 4.69) is 0 Å². The number of sulfonamides is 1. The fraction of sp³-hybridized carbons (Fsp3) is 0.400. The maximum atomic E-state index is 13.5. The van der Waals surface area contributed by atoms with Crippen molar-refractivity contribution in [3.05, 3.63) is 29.1 Å². The summed E-state index contributed by atoms with van der Waals surface area (Å²) in [6.45, 7) is 0.211. The topological polar surface area (TPSA) is 72.2 Å². The van der Waals surface area contributed by atoms with Crippen LogP contribution in [0.5, 0.6) is 0 Å². The van der Waals surface area contributed by atoms with Crippen LogP contribution in [0, 0.1) is 12.7 Å². The summed E-state index contributed by atoms with van der Waals surface area (Å²) in [5.41, 5.74) is 5.39. The van der Waals surface area contributed by atoms with Crippen molar-refractivity contribution in [2.45, 2.75) is 24.8 Å². The first-order valence-electron chi connectivity index (χ1n) is 5.05. The summed E-state index contributed by atoms with van der Waals surface area (Å²) < 4.78 is 62.4. The van der Waals surface area contributed by atoms with Crippen molar-refractivity contribution in [1.29, 1.82) is 0 Å². The van der Waals surface area contributed by atoms with Crippen LogP contribution in [0.2, 0.25) is 0 Å². The van der Waals surface area contributed by atoms with Crippen LogP contribution in [0.15, 0.2) is 17.0 Å². The van der Waals surface area contributed by atoms with Gasteiger partial charge in [0.25, 0.3) is 6.43 Å². The average Bonchev–Trinajstić information content (AvgIpc) is 2.30. The van der Waals surface area contributed by atoms with E-state index in [0.717, 1.165) is 12.1 Å². The zero-order chi connectivity index (χ0) is 13.9. The summed E-state index contributed by atoms with van der Waals surface area (Å²) in [7, 11) is -4.08. The van der Waals surface area contributed by atoms with E-state index in [4.69, 9.17) is 5.73 Å². The highest BCUT2D eigenvalue weighted by Crippen LogP contribution is 2.19. The predicted molar refractivity (Wildman–Crippen MR) is 60.2 cm³/mol. The lowest BCUT2D eigenvalue weighted by Gasteiger charge is -2.10. The first-order valence-corrected chi connectivity index (χ1v) is 6.53. The Morgan fingerprint density at radius 2 is 2.00 bits per heavy atom. The molecule has 1 rings (SSSR count). The Morgan fingerprint density at radius 3 is 2.50 bits per heavy atom. The van der Waals surface area contributed by atoms with E-state index < -0.39 is 28.8 Å². The van der Waals surface area contributed by atoms with Gasteiger partial charge in [-0.2, -0.15) is 0 Å². The molecule has 0 aliphatic carbocycles. The van der Waals surface area contributed by atoms with Gasteiger partial charge in [0.05, 0.1) is 11.4 Å². The molecule has 3 N–H and O–H groups in total. The Kier molecular flexibility index (Phi) is 4.71. The minimum Gasteiger partial charge on any atom is -0.326 e. The van der Waals surface area contributed by atoms with Gasteiger partial charge in [0, 0.05) is 12.1 Å². The number of nitrogens with one attached hydrogen (secondary N) is 1. The zero-order valence-electron chi connectivity index (χ0n) is 9.58. The lowest BCUT2D eigenvalue weighted by molar-refractivity contribution is 0.153. The van der Waals surface area contributed by atoms with Crippen LogP contribution in [0.25, 0.3) is 0 Å². The van der Waals surface area contributed by atoms with Crippen LogP contribution in [-0.4, -0.2) is 21.4 Å². The monoisotopic (exact) mass is 282 g/mol. The number of benzene rings is 1. The van der Waals surface area contributed by atoms with Gasteiger partial charge in [-0.15, -0.1) is 0 Å². The molecule has 1 aromatic carbocycles. The van der Waals surface area contributed by atoms with Gasteiger partial charge in [0.15, 0.2) is 0 Å². The second-order valence-electron chi connectivity index (χ2n) is 3.66. The number of alkyl halides is 2. The molecule has 8 heteroatoms. The molecular weight excluding hydrogens is 269 g/mol. The van der Waals surface area contributed by atoms with Gasteiger partial charge >= 0.3 is 0 Å². The number of nitrogens with two attached hydrogens (primary N) is 1. The van der Waals surface area contributed by atoms with Gasteiger partial charge < -0.3 is 5.73 Å². The Labute approximate surface area is 103 Å². The SMILES string of the molecule is Cc1cc(S(=O)(=O)NCC(F)F)cc(CN)c1F. The van der Waals surface area contributed by atoms with E-state index >= 15 is 0 Å². The highest BCUT2D eigenvalue weighted by atomic mass is 32.2. The summed E-state index contributed by atoms with van der Waals surface area (Å²) in [5.74, 6) is -0.592. The molecule has 0 spiro atoms. The Hall–Kier alpha value is -1.12. The van der Waals surface area contributed by atoms with Crippen molar-refractivity contribution in [3.8, 4) is 0 Å². The summed E-state index contributed by atoms with van der Waals surface area (Å²) in [5, 5.41) is 0. The van der Waals surface area contributed by atoms with E-state index in [9.17, 15) is 21.6 Å². The van der Waals surface area contributed by atoms with Gasteiger partial charge in [-0.1, -0.05) is 0 Å². The van der Waals surface area contributed by atoms with Gasteiger partial charge in [-0.25, -0.2) is 26.3 Å². The molecule has 0 saturated carbocycles. The van der Waals surface area contributed by atoms with Crippen molar-refractivity contribution in [1.82, 2.24) is 4.72 Å². The Morgan fingerprint density at radius 1 is 1.39 bits per heavy atom. The second kappa shape index (κ2) is 5.68. The quantitative estimate of drug-likeness (QED) is 0.850. The molecule has 0 saturated heterocycles. The van der Waals surface area contributed by atoms with E-state index in [1.165, 1.54) is 6.92 Å². The molecule has 0 aliphatic heterocycles. The molecule has 0 atom stereocenters. The Balaban J connectivity index is 3.13. The standard InChI is InChI=1S/C10H13F3N2O2S/c1-6-2-8(3-7(4-14)10(6)13)18(16,17)15-5-9(11)12/h2-3,9,15H,4-5,14H2,1H3. The summed E-state index contributed by atoms with van der Waals surface area (Å²) >= 11 is 0. The van der Waals surface area contributed by atoms with Crippen LogP contribution >= 0.6 is 0 Å². The molecule has 0 aromatic heterocycles. The first-order chi connectivity index (χ1) is 8.27. The lowest BCUT2D eigenvalue weighted by Crippen LogP contribution is -2.29. The summed E-state index contributed by atoms with van der Waals surface area (Å²) in [4.78, 5) is -0.275. The molecule has 0 bridgehead atoms. The first kappa shape index (κ1) is 14.9. The third-order valence-corrected chi connectivity index (χ3v) is 3.66. The minimum absolute atomic E-state index is 0.0208. The maximum absolute atomic E-state index is 13.5. The minimum atomic E-state index is -4.08. The zero-order valence-corrected chi connectivity index (χ0v) is 10.4. The molecule has 0 amide bonds. The summed E-state index contributed by atoms with van der Waals surface area (Å²) in [6.07, 6.45) is -2.80. The van der Waals surface area contributed by atoms with Crippen LogP contribution in [-0.2, 0) is 16.6 Å². The molecule has 0 fully saturated rings. The van der Waals surface area contributed by atoms with Gasteiger partial charge in [0.2, 0.25) is 10.0 Å². The molecule has 102 valence electrons. The largest absolute Gasteiger partial charge is 0.326 e. The lowest BCUT2D eigenvalue weighted by atomic mass is 10.1. The van der Waals surface area contributed by atoms with Crippen molar-refractivity contribution in [2.24, 2.45) is 5.73 Å². The predicted octanol–water partition coefficient (Wildman–Crippen LogP) is 1.14. The fourth-order valence-electron chi connectivity index (χ4n) is 1.37. The number of hydrogen-bond donors (Lipinski definition) is 2. The number of hydrogen-bond acceptors (Lipinski definition) is 3. The van der Waals surface area contributed by atoms with E-state index in [1.807, 2.05) is 0 Å². The van der Waals surface area contributed by atoms with Crippen LogP contribution in [0.4, 0.5) is 13.2 Å². The summed E-state index contributed by atoms with van der Waals surface area (Å²) in [6, 6.07) is 2.11. The molecule has 1 aromatic rings. The molecule has 0 unspecified atom stereocenters. The maximum Gasteiger partial charge on any atom is 0.251 e. The smallest absolute Gasteiger partial charge is 0.251 e. The molecule has 18 heavy (non-hydrogen) atoms. The highest BCUT2D eigenvalue weighted by Gasteiger charge is 2.19. The normalized spacial score (nSPS) is 12.1. The average molecular weight is 282 g/mol. The highest BCUT2D eigenvalue weighted by molar-refractivity contribution is 7.89. The number of rotatable bonds is 5. The number of halogens is 3. The van der Waals surface area contributed by atoms with E-state index in [1.54, 1.807) is 4.72 Å². The van der Waals surface area contributed by atoms with Crippen LogP contribution < -0.4 is 10.5 Å². The van der Waals surface area contributed by atoms with Crippen molar-refractivity contribution >= 4 is 10.0 Å². The Bertz CT molecular complexity index is 532. The molecule has 4 nitrogen and oxygen atoms in total. The third-order valence-electron chi connectivity index (χ3n) is 2.26. The van der Waals surface area contributed by atoms with Crippen molar-refractivity contribution in [2.75, 3.05) is 6.54 Å². The molecule has 0 heterocycles. The van der Waals surface area contributed by atoms with Gasteiger partial charge in [-0.3, -0.25) is 0 Å². The number of aryl methyl sites for hydroxylation is 1. The van der Waals surface area contributed by atoms with Gasteiger partial charge in [-0.05, 0) is 24.6 Å². The van der Waals surface area contributed by atoms with E-state index in [0.29, 0.717) is 0 Å². The molecular formula is C10H13F3N2O2S. The van der Waals surface area contributed by atoms with Crippen molar-refractivity contribution in [3.63, 3.8) is 0 Å². The van der Waals surface area contributed by atoms with Crippen LogP contribution in [0.3, 0.4) is 0 Å². The molecule has 0 radical (unpaired) electrons. The molecule has 0 aliphatic rings. The van der Waals surface area contributed by atoms with Crippen LogP contribution in [0.1, 0.15) is 11.1 Å². The van der Waals surface area contributed by atoms with E-state index in [-0.39, 0.29) is 22.6 Å². The fourth-order valence-corrected chi connectivity index (χ4v) is 2.51. The third kappa shape index (κ3) is 3.44. The van der Waals surface area contributed by atoms with Crippen molar-refractivity contribution < 1.29 is 21.6 Å². The second-order valence-corrected chi connectivity index (χ2v) is 5.43.